The largest absolute Gasteiger partial charge is 0.493 e. The number of benzene rings is 2. The summed E-state index contributed by atoms with van der Waals surface area (Å²) in [5.74, 6) is -0.0929. The Hall–Kier alpha value is -2.86. The molecule has 0 fully saturated rings. The van der Waals surface area contributed by atoms with Crippen LogP contribution in [0.2, 0.25) is 0 Å². The van der Waals surface area contributed by atoms with Crippen LogP contribution < -0.4 is 10.1 Å². The Morgan fingerprint density at radius 1 is 1.10 bits per heavy atom. The van der Waals surface area contributed by atoms with Gasteiger partial charge in [0.2, 0.25) is 5.91 Å². The van der Waals surface area contributed by atoms with Gasteiger partial charge in [0, 0.05) is 25.2 Å². The van der Waals surface area contributed by atoms with Gasteiger partial charge in [-0.15, -0.1) is 0 Å². The highest BCUT2D eigenvalue weighted by molar-refractivity contribution is 5.78. The van der Waals surface area contributed by atoms with E-state index in [1.165, 1.54) is 16.7 Å². The molecule has 0 bridgehead atoms. The maximum Gasteiger partial charge on any atom is 0.307 e. The van der Waals surface area contributed by atoms with Crippen LogP contribution >= 0.6 is 0 Å². The van der Waals surface area contributed by atoms with Crippen LogP contribution in [0.3, 0.4) is 0 Å². The number of carbonyl (C=O) groups is 2. The van der Waals surface area contributed by atoms with Crippen molar-refractivity contribution >= 4 is 11.9 Å². The van der Waals surface area contributed by atoms with Crippen LogP contribution in [0, 0.1) is 13.8 Å². The summed E-state index contributed by atoms with van der Waals surface area (Å²) in [6, 6.07) is 11.9. The van der Waals surface area contributed by atoms with Crippen LogP contribution in [-0.4, -0.2) is 41.6 Å². The molecule has 0 unspecified atom stereocenters. The highest BCUT2D eigenvalue weighted by Crippen LogP contribution is 2.24. The third-order valence-electron chi connectivity index (χ3n) is 5.53. The minimum atomic E-state index is -0.864. The van der Waals surface area contributed by atoms with Crippen molar-refractivity contribution < 1.29 is 19.4 Å². The number of ether oxygens (including phenoxy) is 1. The molecule has 0 saturated carbocycles. The van der Waals surface area contributed by atoms with E-state index in [1.807, 2.05) is 18.2 Å². The zero-order chi connectivity index (χ0) is 22.2. The average Bonchev–Trinajstić information content (AvgIpc) is 2.71. The lowest BCUT2D eigenvalue weighted by atomic mass is 10.0. The van der Waals surface area contributed by atoms with Gasteiger partial charge in [-0.3, -0.25) is 14.5 Å². The summed E-state index contributed by atoms with van der Waals surface area (Å²) in [6.45, 7) is 6.84. The molecule has 0 atom stereocenters. The predicted octanol–water partition coefficient (Wildman–Crippen LogP) is 3.61. The molecule has 0 spiro atoms. The van der Waals surface area contributed by atoms with Gasteiger partial charge in [0.15, 0.2) is 0 Å². The van der Waals surface area contributed by atoms with Gasteiger partial charge in [-0.1, -0.05) is 35.9 Å². The normalized spacial score (nSPS) is 16.1. The molecule has 2 aromatic rings. The van der Waals surface area contributed by atoms with E-state index in [9.17, 15) is 14.7 Å². The van der Waals surface area contributed by atoms with Crippen LogP contribution in [0.4, 0.5) is 0 Å². The van der Waals surface area contributed by atoms with E-state index < -0.39 is 5.97 Å². The maximum atomic E-state index is 12.6. The Kier molecular flexibility index (Phi) is 8.06. The van der Waals surface area contributed by atoms with E-state index in [4.69, 9.17) is 4.74 Å². The molecule has 0 saturated heterocycles. The fraction of sp³-hybridized carbons (Fsp3) is 0.440. The highest BCUT2D eigenvalue weighted by Gasteiger charge is 2.17. The predicted molar refractivity (Wildman–Crippen MR) is 120 cm³/mol. The number of carbonyl (C=O) groups excluding carboxylic acids is 1. The Labute approximate surface area is 184 Å². The maximum absolute atomic E-state index is 12.6. The minimum Gasteiger partial charge on any atom is -0.493 e. The topological polar surface area (TPSA) is 78.9 Å². The number of amides is 1. The third-order valence-corrected chi connectivity index (χ3v) is 5.53. The van der Waals surface area contributed by atoms with Gasteiger partial charge < -0.3 is 15.2 Å². The van der Waals surface area contributed by atoms with Crippen molar-refractivity contribution in [3.8, 4) is 5.75 Å². The molecule has 1 aliphatic rings. The number of nitrogens with one attached hydrogen (secondary N) is 1. The number of fused-ring (bicyclic) bond motifs is 1. The van der Waals surface area contributed by atoms with E-state index in [1.54, 1.807) is 0 Å². The molecule has 0 radical (unpaired) electrons. The summed E-state index contributed by atoms with van der Waals surface area (Å²) in [5, 5.41) is 12.2. The number of nitrogens with zero attached hydrogens (tertiary/aromatic N) is 1. The van der Waals surface area contributed by atoms with Crippen molar-refractivity contribution in [2.24, 2.45) is 0 Å². The summed E-state index contributed by atoms with van der Waals surface area (Å²) in [7, 11) is 0. The van der Waals surface area contributed by atoms with E-state index in [2.05, 4.69) is 42.3 Å². The van der Waals surface area contributed by atoms with Crippen molar-refractivity contribution in [2.75, 3.05) is 19.7 Å². The van der Waals surface area contributed by atoms with Gasteiger partial charge >= 0.3 is 5.97 Å². The first-order chi connectivity index (χ1) is 14.9. The summed E-state index contributed by atoms with van der Waals surface area (Å²) in [4.78, 5) is 25.9. The lowest BCUT2D eigenvalue weighted by Gasteiger charge is -2.24. The molecule has 0 aliphatic carbocycles. The highest BCUT2D eigenvalue weighted by atomic mass is 16.5. The fourth-order valence-corrected chi connectivity index (χ4v) is 3.93. The SMILES string of the molecule is Cc1ccc(CN2CC(=O)NCCCCCOc3ccc(CC(=O)O)cc3C2)c(C)c1. The van der Waals surface area contributed by atoms with Crippen molar-refractivity contribution in [1.29, 1.82) is 0 Å². The fourth-order valence-electron chi connectivity index (χ4n) is 3.93. The first-order valence-electron chi connectivity index (χ1n) is 10.9. The van der Waals surface area contributed by atoms with Gasteiger partial charge in [-0.2, -0.15) is 0 Å². The molecule has 6 heteroatoms. The molecule has 1 amide bonds. The van der Waals surface area contributed by atoms with E-state index in [-0.39, 0.29) is 18.9 Å². The van der Waals surface area contributed by atoms with Crippen molar-refractivity contribution in [3.63, 3.8) is 0 Å². The van der Waals surface area contributed by atoms with Crippen LogP contribution in [0.15, 0.2) is 36.4 Å². The Balaban J connectivity index is 1.91. The van der Waals surface area contributed by atoms with Crippen molar-refractivity contribution in [3.05, 3.63) is 64.2 Å². The molecule has 6 nitrogen and oxygen atoms in total. The van der Waals surface area contributed by atoms with Crippen LogP contribution in [0.1, 0.15) is 47.1 Å². The number of aryl methyl sites for hydroxylation is 2. The van der Waals surface area contributed by atoms with Crippen molar-refractivity contribution in [2.45, 2.75) is 52.6 Å². The van der Waals surface area contributed by atoms with Crippen LogP contribution in [0.25, 0.3) is 0 Å². The van der Waals surface area contributed by atoms with E-state index in [0.29, 0.717) is 26.2 Å². The first-order valence-corrected chi connectivity index (χ1v) is 10.9. The first kappa shape index (κ1) is 22.8. The third kappa shape index (κ3) is 7.10. The second-order valence-corrected chi connectivity index (χ2v) is 8.35. The monoisotopic (exact) mass is 424 g/mol. The second-order valence-electron chi connectivity index (χ2n) is 8.35. The molecule has 2 aromatic carbocycles. The minimum absolute atomic E-state index is 0.00757. The van der Waals surface area contributed by atoms with Gasteiger partial charge in [0.05, 0.1) is 19.6 Å². The average molecular weight is 425 g/mol. The lowest BCUT2D eigenvalue weighted by Crippen LogP contribution is -2.37. The van der Waals surface area contributed by atoms with Crippen LogP contribution in [-0.2, 0) is 29.1 Å². The molecule has 3 rings (SSSR count). The number of hydrogen-bond donors (Lipinski definition) is 2. The molecule has 166 valence electrons. The summed E-state index contributed by atoms with van der Waals surface area (Å²) >= 11 is 0. The molecule has 0 aromatic heterocycles. The number of aliphatic carboxylic acids is 1. The molecule has 31 heavy (non-hydrogen) atoms. The second kappa shape index (κ2) is 11.0. The van der Waals surface area contributed by atoms with Gasteiger partial charge in [0.25, 0.3) is 0 Å². The molecule has 1 heterocycles. The van der Waals surface area contributed by atoms with Gasteiger partial charge in [-0.25, -0.2) is 0 Å². The summed E-state index contributed by atoms with van der Waals surface area (Å²) in [6.07, 6.45) is 2.79. The Bertz CT molecular complexity index is 926. The number of carboxylic acids is 1. The number of rotatable bonds is 4. The van der Waals surface area contributed by atoms with E-state index >= 15 is 0 Å². The summed E-state index contributed by atoms with van der Waals surface area (Å²) < 4.78 is 6.05. The zero-order valence-corrected chi connectivity index (χ0v) is 18.4. The Morgan fingerprint density at radius 3 is 2.71 bits per heavy atom. The molecular formula is C25H32N2O4. The lowest BCUT2D eigenvalue weighted by molar-refractivity contribution is -0.136. The summed E-state index contributed by atoms with van der Waals surface area (Å²) in [5.41, 5.74) is 5.22. The van der Waals surface area contributed by atoms with Crippen molar-refractivity contribution in [1.82, 2.24) is 10.2 Å². The quantitative estimate of drug-likeness (QED) is 0.784. The number of carboxylic acid groups (broad SMARTS) is 1. The van der Waals surface area contributed by atoms with Gasteiger partial charge in [-0.05, 0) is 55.9 Å². The smallest absolute Gasteiger partial charge is 0.307 e. The Morgan fingerprint density at radius 2 is 1.94 bits per heavy atom. The van der Waals surface area contributed by atoms with Crippen LogP contribution in [0.5, 0.6) is 5.75 Å². The van der Waals surface area contributed by atoms with Gasteiger partial charge in [0.1, 0.15) is 5.75 Å². The molecular weight excluding hydrogens is 392 g/mol. The molecule has 2 N–H and O–H groups in total. The molecule has 1 aliphatic heterocycles. The zero-order valence-electron chi connectivity index (χ0n) is 18.4. The number of hydrogen-bond acceptors (Lipinski definition) is 4. The standard InChI is InChI=1S/C25H32N2O4/c1-18-6-8-21(19(2)12-18)15-27-16-22-13-20(14-25(29)30)7-9-23(22)31-11-5-3-4-10-26-24(28)17-27/h6-9,12-13H,3-5,10-11,14-17H2,1-2H3,(H,26,28)(H,29,30). The van der Waals surface area contributed by atoms with E-state index in [0.717, 1.165) is 36.1 Å².